The van der Waals surface area contributed by atoms with Crippen LogP contribution in [0.25, 0.3) is 0 Å². The van der Waals surface area contributed by atoms with Crippen molar-refractivity contribution >= 4 is 15.9 Å². The Labute approximate surface area is 106 Å². The van der Waals surface area contributed by atoms with Crippen LogP contribution in [-0.2, 0) is 0 Å². The maximum Gasteiger partial charge on any atom is 0.100 e. The molecule has 0 amide bonds. The van der Waals surface area contributed by atoms with Crippen LogP contribution in [-0.4, -0.2) is 54.0 Å². The number of alkyl halides is 1. The van der Waals surface area contributed by atoms with Crippen LogP contribution < -0.4 is 5.32 Å². The fourth-order valence-corrected chi connectivity index (χ4v) is 2.40. The molecule has 0 bridgehead atoms. The van der Waals surface area contributed by atoms with Crippen molar-refractivity contribution in [3.05, 3.63) is 23.9 Å². The van der Waals surface area contributed by atoms with Crippen LogP contribution in [0.4, 0.5) is 0 Å². The molecule has 0 spiro atoms. The largest absolute Gasteiger partial charge is 0.375 e. The Morgan fingerprint density at radius 3 is 2.56 bits per heavy atom. The van der Waals surface area contributed by atoms with Crippen molar-refractivity contribution in [3.8, 4) is 0 Å². The normalized spacial score (nSPS) is 27.6. The van der Waals surface area contributed by atoms with Crippen LogP contribution in [0.5, 0.6) is 0 Å². The van der Waals surface area contributed by atoms with E-state index in [1.807, 2.05) is 0 Å². The molecule has 1 unspecified atom stereocenters. The van der Waals surface area contributed by atoms with Crippen molar-refractivity contribution in [2.75, 3.05) is 39.3 Å². The van der Waals surface area contributed by atoms with E-state index >= 15 is 0 Å². The van der Waals surface area contributed by atoms with Gasteiger partial charge in [-0.15, -0.1) is 0 Å². The van der Waals surface area contributed by atoms with Crippen molar-refractivity contribution in [1.82, 2.24) is 15.1 Å². The second-order valence-electron chi connectivity index (χ2n) is 4.36. The van der Waals surface area contributed by atoms with Gasteiger partial charge in [-0.1, -0.05) is 35.0 Å². The molecular weight excluding hydrogens is 266 g/mol. The van der Waals surface area contributed by atoms with Gasteiger partial charge in [0, 0.05) is 38.9 Å². The van der Waals surface area contributed by atoms with Crippen LogP contribution >= 0.6 is 15.9 Å². The Morgan fingerprint density at radius 1 is 1.31 bits per heavy atom. The summed E-state index contributed by atoms with van der Waals surface area (Å²) in [6, 6.07) is 0. The molecule has 2 aliphatic rings. The highest BCUT2D eigenvalue weighted by Gasteiger charge is 2.16. The summed E-state index contributed by atoms with van der Waals surface area (Å²) >= 11 is 3.50. The van der Waals surface area contributed by atoms with E-state index in [2.05, 4.69) is 56.3 Å². The molecule has 0 saturated carbocycles. The molecule has 0 aromatic rings. The summed E-state index contributed by atoms with van der Waals surface area (Å²) < 4.78 is 0. The van der Waals surface area contributed by atoms with Gasteiger partial charge < -0.3 is 10.2 Å². The number of likely N-dealkylation sites (N-methyl/N-ethyl adjacent to an activating group) is 1. The number of nitrogens with zero attached hydrogens (tertiary/aromatic N) is 2. The Hall–Kier alpha value is -0.320. The van der Waals surface area contributed by atoms with Crippen LogP contribution in [0, 0.1) is 0 Å². The number of dihydropyridines is 1. The topological polar surface area (TPSA) is 18.5 Å². The zero-order chi connectivity index (χ0) is 11.4. The van der Waals surface area contributed by atoms with Gasteiger partial charge in [0.1, 0.15) is 4.95 Å². The molecule has 1 atom stereocenters. The SMILES string of the molecule is CCN1CCN(CC2=CNC(Br)C=C2)CC1. The third-order valence-corrected chi connectivity index (χ3v) is 3.80. The van der Waals surface area contributed by atoms with Crippen molar-refractivity contribution in [1.29, 1.82) is 0 Å². The van der Waals surface area contributed by atoms with Gasteiger partial charge >= 0.3 is 0 Å². The minimum atomic E-state index is 0.299. The minimum Gasteiger partial charge on any atom is -0.375 e. The summed E-state index contributed by atoms with van der Waals surface area (Å²) in [6.07, 6.45) is 6.48. The monoisotopic (exact) mass is 285 g/mol. The van der Waals surface area contributed by atoms with Gasteiger partial charge in [-0.3, -0.25) is 4.90 Å². The Morgan fingerprint density at radius 2 is 2.00 bits per heavy atom. The summed E-state index contributed by atoms with van der Waals surface area (Å²) in [6.45, 7) is 9.30. The van der Waals surface area contributed by atoms with E-state index in [-0.39, 0.29) is 0 Å². The molecule has 0 aromatic heterocycles. The van der Waals surface area contributed by atoms with Gasteiger partial charge in [0.25, 0.3) is 0 Å². The molecule has 90 valence electrons. The molecule has 16 heavy (non-hydrogen) atoms. The maximum absolute atomic E-state index is 3.50. The molecule has 1 saturated heterocycles. The maximum atomic E-state index is 3.50. The van der Waals surface area contributed by atoms with Crippen LogP contribution in [0.3, 0.4) is 0 Å². The highest BCUT2D eigenvalue weighted by Crippen LogP contribution is 2.11. The predicted molar refractivity (Wildman–Crippen MR) is 71.6 cm³/mol. The number of piperazine rings is 1. The summed E-state index contributed by atoms with van der Waals surface area (Å²) in [5.41, 5.74) is 1.38. The van der Waals surface area contributed by atoms with Gasteiger partial charge in [-0.05, 0) is 12.1 Å². The van der Waals surface area contributed by atoms with Crippen molar-refractivity contribution in [2.45, 2.75) is 11.9 Å². The molecule has 2 aliphatic heterocycles. The fraction of sp³-hybridized carbons (Fsp3) is 0.667. The lowest BCUT2D eigenvalue weighted by Gasteiger charge is -2.34. The van der Waals surface area contributed by atoms with E-state index in [1.165, 1.54) is 38.3 Å². The third kappa shape index (κ3) is 3.34. The first kappa shape index (κ1) is 12.1. The van der Waals surface area contributed by atoms with E-state index < -0.39 is 0 Å². The van der Waals surface area contributed by atoms with Crippen molar-refractivity contribution in [2.24, 2.45) is 0 Å². The summed E-state index contributed by atoms with van der Waals surface area (Å²) in [4.78, 5) is 5.33. The van der Waals surface area contributed by atoms with Crippen LogP contribution in [0.15, 0.2) is 23.9 Å². The van der Waals surface area contributed by atoms with Crippen LogP contribution in [0.1, 0.15) is 6.92 Å². The van der Waals surface area contributed by atoms with E-state index in [4.69, 9.17) is 0 Å². The lowest BCUT2D eigenvalue weighted by molar-refractivity contribution is 0.146. The van der Waals surface area contributed by atoms with Gasteiger partial charge in [0.05, 0.1) is 0 Å². The molecule has 2 heterocycles. The molecule has 0 aromatic carbocycles. The van der Waals surface area contributed by atoms with Crippen molar-refractivity contribution < 1.29 is 0 Å². The Balaban J connectivity index is 1.77. The molecule has 2 rings (SSSR count). The molecule has 4 heteroatoms. The van der Waals surface area contributed by atoms with E-state index in [0.717, 1.165) is 6.54 Å². The number of hydrogen-bond acceptors (Lipinski definition) is 3. The minimum absolute atomic E-state index is 0.299. The molecule has 1 N–H and O–H groups in total. The Kier molecular flexibility index (Phi) is 4.44. The highest BCUT2D eigenvalue weighted by atomic mass is 79.9. The number of nitrogens with one attached hydrogen (secondary N) is 1. The lowest BCUT2D eigenvalue weighted by atomic mass is 10.2. The lowest BCUT2D eigenvalue weighted by Crippen LogP contribution is -2.46. The number of halogens is 1. The van der Waals surface area contributed by atoms with E-state index in [9.17, 15) is 0 Å². The molecule has 0 aliphatic carbocycles. The fourth-order valence-electron chi connectivity index (χ4n) is 2.12. The summed E-state index contributed by atoms with van der Waals surface area (Å²) in [5, 5.41) is 3.27. The average Bonchev–Trinajstić information content (AvgIpc) is 2.33. The molecule has 0 radical (unpaired) electrons. The average molecular weight is 286 g/mol. The highest BCUT2D eigenvalue weighted by molar-refractivity contribution is 9.09. The van der Waals surface area contributed by atoms with Gasteiger partial charge in [0.15, 0.2) is 0 Å². The second-order valence-corrected chi connectivity index (χ2v) is 5.34. The quantitative estimate of drug-likeness (QED) is 0.625. The number of hydrogen-bond donors (Lipinski definition) is 1. The zero-order valence-electron chi connectivity index (χ0n) is 9.82. The van der Waals surface area contributed by atoms with E-state index in [1.54, 1.807) is 0 Å². The molecule has 3 nitrogen and oxygen atoms in total. The molecule has 1 fully saturated rings. The van der Waals surface area contributed by atoms with E-state index in [0.29, 0.717) is 4.95 Å². The smallest absolute Gasteiger partial charge is 0.100 e. The second kappa shape index (κ2) is 5.84. The third-order valence-electron chi connectivity index (χ3n) is 3.23. The standard InChI is InChI=1S/C12H20BrN3/c1-2-15-5-7-16(8-6-15)10-11-3-4-12(13)14-9-11/h3-4,9,12,14H,2,5-8,10H2,1H3. The Bertz CT molecular complexity index is 280. The summed E-state index contributed by atoms with van der Waals surface area (Å²) in [5.74, 6) is 0. The number of rotatable bonds is 3. The van der Waals surface area contributed by atoms with Gasteiger partial charge in [0.2, 0.25) is 0 Å². The first-order valence-corrected chi connectivity index (χ1v) is 6.91. The first-order chi connectivity index (χ1) is 7.78. The van der Waals surface area contributed by atoms with Gasteiger partial charge in [-0.25, -0.2) is 0 Å². The zero-order valence-corrected chi connectivity index (χ0v) is 11.4. The summed E-state index contributed by atoms with van der Waals surface area (Å²) in [7, 11) is 0. The van der Waals surface area contributed by atoms with Crippen molar-refractivity contribution in [3.63, 3.8) is 0 Å². The van der Waals surface area contributed by atoms with Gasteiger partial charge in [-0.2, -0.15) is 0 Å². The predicted octanol–water partition coefficient (Wildman–Crippen LogP) is 1.39. The van der Waals surface area contributed by atoms with Crippen LogP contribution in [0.2, 0.25) is 0 Å². The molecular formula is C12H20BrN3. The first-order valence-electron chi connectivity index (χ1n) is 6.00.